The molecule has 2 aliphatic carbocycles. The Balaban J connectivity index is 1.18. The minimum absolute atomic E-state index is 0.00912. The summed E-state index contributed by atoms with van der Waals surface area (Å²) < 4.78 is 24.5. The molecule has 0 saturated heterocycles. The molecule has 8 N–H and O–H groups in total. The first kappa shape index (κ1) is 54.2. The van der Waals surface area contributed by atoms with Gasteiger partial charge in [-0.1, -0.05) is 73.5 Å². The standard InChI is InChI=1S/C62H71N3O10/c1-5-73-24-22-40-8-6-10-42(26-40)27-45-23-25-74-50(32-46-31-48(67)19-17-44(46)28-43(36-66)14-13-39-9-7-11-47(29-39)65-62(63)64-3)33-49(68)18-15-41-16-21-57(72-4)58(30-41)75-37-55-51-20-12-38(2)52-35-56(69)59(45)54(60(51)52)34-53(55)61(70)71/h6-12,16-17,19-21,26,29-31,34-35,38,43-46,50,61,66-67,69-71H,5,13-15,18,22,24,27-28,32-33,36-37H2,1-4H3,(H3,63,64,65). The molecule has 0 radical (unpaired) electrons. The molecule has 0 amide bonds. The van der Waals surface area contributed by atoms with E-state index in [-0.39, 0.29) is 72.6 Å². The third-order valence-corrected chi connectivity index (χ3v) is 14.8. The van der Waals surface area contributed by atoms with Crippen LogP contribution in [0.3, 0.4) is 0 Å². The number of carbonyl (C=O) groups is 1. The zero-order chi connectivity index (χ0) is 53.0. The number of hydrogen-bond acceptors (Lipinski definition) is 11. The van der Waals surface area contributed by atoms with E-state index in [1.54, 1.807) is 38.4 Å². The molecule has 0 fully saturated rings. The molecule has 0 spiro atoms. The molecule has 75 heavy (non-hydrogen) atoms. The third-order valence-electron chi connectivity index (χ3n) is 14.8. The summed E-state index contributed by atoms with van der Waals surface area (Å²) in [5.41, 5.74) is 13.7. The first-order valence-electron chi connectivity index (χ1n) is 26.1. The van der Waals surface area contributed by atoms with E-state index >= 15 is 0 Å². The van der Waals surface area contributed by atoms with E-state index in [0.29, 0.717) is 85.7 Å². The number of rotatable bonds is 17. The van der Waals surface area contributed by atoms with Crippen LogP contribution >= 0.6 is 0 Å². The highest BCUT2D eigenvalue weighted by atomic mass is 16.5. The number of allylic oxidation sites excluding steroid dienone is 4. The number of hydrogen-bond donors (Lipinski definition) is 7. The van der Waals surface area contributed by atoms with Crippen LogP contribution in [0.15, 0.2) is 114 Å². The lowest BCUT2D eigenvalue weighted by Gasteiger charge is -2.30. The summed E-state index contributed by atoms with van der Waals surface area (Å²) in [6.07, 6.45) is 14.1. The van der Waals surface area contributed by atoms with Crippen molar-refractivity contribution < 1.29 is 49.3 Å². The lowest BCUT2D eigenvalue weighted by atomic mass is 9.77. The number of aromatic hydroxyl groups is 1. The second-order valence-corrected chi connectivity index (χ2v) is 20.0. The van der Waals surface area contributed by atoms with Crippen molar-refractivity contribution in [1.82, 2.24) is 0 Å². The number of anilines is 1. The monoisotopic (exact) mass is 1020 g/mol. The summed E-state index contributed by atoms with van der Waals surface area (Å²) >= 11 is 0. The molecule has 5 aromatic rings. The Morgan fingerprint density at radius 2 is 1.76 bits per heavy atom. The number of aryl methyl sites for hydroxylation is 2. The number of phenolic OH excluding ortho intramolecular Hbond substituents is 1. The molecule has 6 unspecified atom stereocenters. The number of nitrogens with zero attached hydrogens (tertiary/aromatic N) is 1. The molecule has 9 rings (SSSR count). The van der Waals surface area contributed by atoms with Crippen molar-refractivity contribution >= 4 is 34.3 Å². The van der Waals surface area contributed by atoms with Gasteiger partial charge in [-0.05, 0) is 162 Å². The highest BCUT2D eigenvalue weighted by Crippen LogP contribution is 2.47. The van der Waals surface area contributed by atoms with E-state index in [2.05, 4.69) is 41.4 Å². The van der Waals surface area contributed by atoms with E-state index in [9.17, 15) is 30.3 Å². The van der Waals surface area contributed by atoms with Gasteiger partial charge < -0.3 is 55.5 Å². The second-order valence-electron chi connectivity index (χ2n) is 20.0. The number of phenols is 1. The molecule has 0 saturated carbocycles. The predicted octanol–water partition coefficient (Wildman–Crippen LogP) is 10.0. The van der Waals surface area contributed by atoms with Gasteiger partial charge in [0.1, 0.15) is 36.1 Å². The molecule has 2 aliphatic heterocycles. The number of Topliss-reactive ketones (excluding diaryl/α,β-unsaturated/α-hetero) is 1. The molecule has 394 valence electrons. The fraction of sp³-hybridized carbons (Fsp3) is 0.387. The van der Waals surface area contributed by atoms with Crippen molar-refractivity contribution in [2.45, 2.75) is 102 Å². The number of guanidine groups is 1. The Morgan fingerprint density at radius 1 is 0.960 bits per heavy atom. The summed E-state index contributed by atoms with van der Waals surface area (Å²) in [7, 11) is 3.18. The lowest BCUT2D eigenvalue weighted by Crippen LogP contribution is -2.26. The normalized spacial score (nSPS) is 20.1. The van der Waals surface area contributed by atoms with Crippen LogP contribution in [0.4, 0.5) is 5.69 Å². The summed E-state index contributed by atoms with van der Waals surface area (Å²) in [4.78, 5) is 18.2. The van der Waals surface area contributed by atoms with Gasteiger partial charge >= 0.3 is 0 Å². The van der Waals surface area contributed by atoms with Gasteiger partial charge in [0.25, 0.3) is 0 Å². The van der Waals surface area contributed by atoms with Crippen molar-refractivity contribution in [2.24, 2.45) is 28.5 Å². The predicted molar refractivity (Wildman–Crippen MR) is 294 cm³/mol. The Kier molecular flexibility index (Phi) is 18.4. The molecule has 13 heteroatoms. The quantitative estimate of drug-likeness (QED) is 0.0153. The van der Waals surface area contributed by atoms with Crippen molar-refractivity contribution in [2.75, 3.05) is 39.3 Å². The maximum absolute atomic E-state index is 14.2. The Bertz CT molecular complexity index is 3020. The van der Waals surface area contributed by atoms with Gasteiger partial charge in [-0.3, -0.25) is 9.79 Å². The molecule has 4 aliphatic rings. The Morgan fingerprint density at radius 3 is 2.53 bits per heavy atom. The minimum Gasteiger partial charge on any atom is -0.508 e. The van der Waals surface area contributed by atoms with Crippen LogP contribution in [-0.4, -0.2) is 77.4 Å². The summed E-state index contributed by atoms with van der Waals surface area (Å²) in [6.45, 7) is 5.14. The van der Waals surface area contributed by atoms with Crippen LogP contribution in [0, 0.1) is 29.8 Å². The van der Waals surface area contributed by atoms with Crippen LogP contribution in [0.5, 0.6) is 17.2 Å². The van der Waals surface area contributed by atoms with Crippen LogP contribution < -0.4 is 20.5 Å². The van der Waals surface area contributed by atoms with E-state index in [0.717, 1.165) is 50.9 Å². The fourth-order valence-corrected chi connectivity index (χ4v) is 10.8. The maximum atomic E-state index is 14.2. The number of ketones is 1. The molecular weight excluding hydrogens is 947 g/mol. The number of fused-ring (bicyclic) bond motifs is 9. The average Bonchev–Trinajstić information content (AvgIpc) is 3.41. The smallest absolute Gasteiger partial charge is 0.192 e. The number of ether oxygens (including phenoxy) is 4. The number of benzene rings is 5. The zero-order valence-corrected chi connectivity index (χ0v) is 43.4. The second kappa shape index (κ2) is 25.4. The zero-order valence-electron chi connectivity index (χ0n) is 43.4. The highest BCUT2D eigenvalue weighted by molar-refractivity contribution is 6.01. The van der Waals surface area contributed by atoms with Crippen molar-refractivity contribution in [3.05, 3.63) is 159 Å². The van der Waals surface area contributed by atoms with E-state index in [4.69, 9.17) is 24.7 Å². The van der Waals surface area contributed by atoms with Gasteiger partial charge in [-0.2, -0.15) is 0 Å². The van der Waals surface area contributed by atoms with Crippen LogP contribution in [0.1, 0.15) is 114 Å². The lowest BCUT2D eigenvalue weighted by molar-refractivity contribution is -0.121. The van der Waals surface area contributed by atoms with Crippen molar-refractivity contribution in [3.8, 4) is 29.3 Å². The molecule has 13 nitrogen and oxygen atoms in total. The number of aliphatic hydroxyl groups is 4. The maximum Gasteiger partial charge on any atom is 0.192 e. The first-order chi connectivity index (χ1) is 36.3. The van der Waals surface area contributed by atoms with Gasteiger partial charge in [0.2, 0.25) is 0 Å². The molecular formula is C62H71N3O10. The number of aliphatic imine (C=N–C) groups is 1. The number of nitrogens with one attached hydrogen (secondary N) is 1. The Hall–Kier alpha value is -7.08. The van der Waals surface area contributed by atoms with Gasteiger partial charge in [0.15, 0.2) is 23.7 Å². The fourth-order valence-electron chi connectivity index (χ4n) is 10.8. The Labute approximate surface area is 440 Å². The van der Waals surface area contributed by atoms with Gasteiger partial charge in [-0.15, -0.1) is 0 Å². The summed E-state index contributed by atoms with van der Waals surface area (Å²) in [6, 6.07) is 25.3. The number of carbonyl (C=O) groups excluding carboxylic acids is 1. The largest absolute Gasteiger partial charge is 0.508 e. The van der Waals surface area contributed by atoms with E-state index in [1.165, 1.54) is 0 Å². The van der Waals surface area contributed by atoms with E-state index < -0.39 is 18.3 Å². The topological polar surface area (TPSA) is 206 Å². The molecule has 6 atom stereocenters. The average molecular weight is 1020 g/mol. The van der Waals surface area contributed by atoms with Crippen LogP contribution in [0.2, 0.25) is 0 Å². The van der Waals surface area contributed by atoms with Crippen molar-refractivity contribution in [1.29, 1.82) is 0 Å². The minimum atomic E-state index is -1.89. The molecule has 5 aromatic carbocycles. The SMILES string of the molecule is CCOCCc1cccc(CC2C#COC(CC3C=C(O)C=CC3CC(CO)CCc3cccc(NC(N)=NC)c3)CC(=O)CCc3ccc(OC)c(c3)OCc3c(C(O)O)cc4c2c(O)cc2c4c3C=CC2C)c1. The van der Waals surface area contributed by atoms with Gasteiger partial charge in [-0.25, -0.2) is 0 Å². The van der Waals surface area contributed by atoms with Crippen LogP contribution in [-0.2, 0) is 46.6 Å². The molecule has 0 aromatic heterocycles. The number of methoxy groups -OCH3 is 1. The summed E-state index contributed by atoms with van der Waals surface area (Å²) in [5.74, 6) is 3.54. The number of nitrogens with two attached hydrogens (primary N) is 1. The van der Waals surface area contributed by atoms with E-state index in [1.807, 2.05) is 79.8 Å². The van der Waals surface area contributed by atoms with Gasteiger partial charge in [0, 0.05) is 61.4 Å². The highest BCUT2D eigenvalue weighted by Gasteiger charge is 2.31. The third kappa shape index (κ3) is 13.6. The van der Waals surface area contributed by atoms with Crippen LogP contribution in [0.25, 0.3) is 16.8 Å². The molecule has 6 bridgehead atoms. The molecule has 2 heterocycles. The van der Waals surface area contributed by atoms with Gasteiger partial charge in [0.05, 0.1) is 19.6 Å². The summed E-state index contributed by atoms with van der Waals surface area (Å²) in [5, 5.41) is 60.8. The first-order valence-corrected chi connectivity index (χ1v) is 26.1. The van der Waals surface area contributed by atoms with Crippen molar-refractivity contribution in [3.63, 3.8) is 0 Å². The number of aliphatic hydroxyl groups excluding tert-OH is 3.